The van der Waals surface area contributed by atoms with Gasteiger partial charge in [0.05, 0.1) is 0 Å². The van der Waals surface area contributed by atoms with Crippen molar-refractivity contribution in [3.05, 3.63) is 0 Å². The van der Waals surface area contributed by atoms with Crippen molar-refractivity contribution in [3.63, 3.8) is 0 Å². The molecule has 0 unspecified atom stereocenters. The first kappa shape index (κ1) is 13.4. The second kappa shape index (κ2) is 4.71. The highest BCUT2D eigenvalue weighted by molar-refractivity contribution is 5.12. The van der Waals surface area contributed by atoms with Crippen molar-refractivity contribution in [2.75, 3.05) is 13.1 Å². The zero-order valence-electron chi connectivity index (χ0n) is 13.4. The van der Waals surface area contributed by atoms with Crippen LogP contribution in [0.2, 0.25) is 0 Å². The Labute approximate surface area is 129 Å². The lowest BCUT2D eigenvalue weighted by atomic mass is 9.48. The van der Waals surface area contributed by atoms with Crippen LogP contribution >= 0.6 is 0 Å². The van der Waals surface area contributed by atoms with Crippen LogP contribution in [0.1, 0.15) is 57.8 Å². The minimum absolute atomic E-state index is 0.329. The van der Waals surface area contributed by atoms with Gasteiger partial charge in [0.15, 0.2) is 0 Å². The largest absolute Gasteiger partial charge is 0.329 e. The van der Waals surface area contributed by atoms with Gasteiger partial charge in [0, 0.05) is 12.1 Å². The summed E-state index contributed by atoms with van der Waals surface area (Å²) in [5.41, 5.74) is 6.72. The Morgan fingerprint density at radius 3 is 1.81 bits per heavy atom. The van der Waals surface area contributed by atoms with Crippen LogP contribution in [0.3, 0.4) is 0 Å². The number of nitrogens with one attached hydrogen (secondary N) is 1. The quantitative estimate of drug-likeness (QED) is 0.788. The van der Waals surface area contributed by atoms with E-state index < -0.39 is 0 Å². The van der Waals surface area contributed by atoms with Crippen LogP contribution in [0, 0.1) is 41.4 Å². The zero-order chi connectivity index (χ0) is 14.0. The fourth-order valence-electron chi connectivity index (χ4n) is 6.79. The number of rotatable bonds is 6. The van der Waals surface area contributed by atoms with Crippen molar-refractivity contribution in [2.24, 2.45) is 47.2 Å². The smallest absolute Gasteiger partial charge is 0.0361 e. The molecule has 6 rings (SSSR count). The van der Waals surface area contributed by atoms with Crippen LogP contribution in [0.5, 0.6) is 0 Å². The monoisotopic (exact) mass is 288 g/mol. The molecule has 0 aromatic carbocycles. The van der Waals surface area contributed by atoms with Gasteiger partial charge in [0.25, 0.3) is 0 Å². The molecular formula is C19H32N2. The SMILES string of the molecule is NCC1(NCC(C2CC2)C2CC2)C2CC3CC(C2)CC1C3. The van der Waals surface area contributed by atoms with Gasteiger partial charge in [-0.05, 0) is 106 Å². The van der Waals surface area contributed by atoms with Gasteiger partial charge in [0.2, 0.25) is 0 Å². The van der Waals surface area contributed by atoms with Crippen LogP contribution in [-0.4, -0.2) is 18.6 Å². The predicted molar refractivity (Wildman–Crippen MR) is 85.8 cm³/mol. The molecule has 118 valence electrons. The maximum absolute atomic E-state index is 6.40. The van der Waals surface area contributed by atoms with E-state index in [0.717, 1.165) is 48.0 Å². The molecule has 0 amide bonds. The fourth-order valence-corrected chi connectivity index (χ4v) is 6.79. The molecule has 0 atom stereocenters. The van der Waals surface area contributed by atoms with E-state index in [-0.39, 0.29) is 0 Å². The normalized spacial score (nSPS) is 48.3. The maximum Gasteiger partial charge on any atom is 0.0361 e. The Balaban J connectivity index is 1.33. The van der Waals surface area contributed by atoms with E-state index in [4.69, 9.17) is 5.73 Å². The third kappa shape index (κ3) is 2.12. The summed E-state index contributed by atoms with van der Waals surface area (Å²) in [6.07, 6.45) is 13.5. The molecule has 0 saturated heterocycles. The van der Waals surface area contributed by atoms with Crippen molar-refractivity contribution >= 4 is 0 Å². The van der Waals surface area contributed by atoms with E-state index in [2.05, 4.69) is 5.32 Å². The maximum atomic E-state index is 6.40. The van der Waals surface area contributed by atoms with E-state index in [9.17, 15) is 0 Å². The summed E-state index contributed by atoms with van der Waals surface area (Å²) in [6.45, 7) is 2.18. The number of hydrogen-bond acceptors (Lipinski definition) is 2. The molecule has 6 fully saturated rings. The van der Waals surface area contributed by atoms with Crippen molar-refractivity contribution in [2.45, 2.75) is 63.3 Å². The van der Waals surface area contributed by atoms with E-state index in [0.29, 0.717) is 5.54 Å². The number of nitrogens with two attached hydrogens (primary N) is 1. The van der Waals surface area contributed by atoms with Crippen LogP contribution in [-0.2, 0) is 0 Å². The van der Waals surface area contributed by atoms with Gasteiger partial charge in [-0.15, -0.1) is 0 Å². The molecule has 0 aromatic heterocycles. The molecule has 4 bridgehead atoms. The standard InChI is InChI=1S/C19H32N2/c20-11-19(21-10-18(14-1-2-14)15-3-4-15)16-6-12-5-13(8-16)9-17(19)7-12/h12-18,21H,1-11,20H2. The van der Waals surface area contributed by atoms with Crippen molar-refractivity contribution in [1.82, 2.24) is 5.32 Å². The molecule has 0 spiro atoms. The Kier molecular flexibility index (Phi) is 3.00. The summed E-state index contributed by atoms with van der Waals surface area (Å²) in [5.74, 6) is 7.03. The summed E-state index contributed by atoms with van der Waals surface area (Å²) in [7, 11) is 0. The molecule has 3 N–H and O–H groups in total. The molecule has 0 aliphatic heterocycles. The average molecular weight is 288 g/mol. The van der Waals surface area contributed by atoms with Crippen molar-refractivity contribution < 1.29 is 0 Å². The van der Waals surface area contributed by atoms with Crippen LogP contribution < -0.4 is 11.1 Å². The van der Waals surface area contributed by atoms with Gasteiger partial charge in [-0.3, -0.25) is 0 Å². The lowest BCUT2D eigenvalue weighted by molar-refractivity contribution is -0.0710. The molecule has 6 aliphatic rings. The van der Waals surface area contributed by atoms with Crippen molar-refractivity contribution in [3.8, 4) is 0 Å². The summed E-state index contributed by atoms with van der Waals surface area (Å²) in [6, 6.07) is 0. The summed E-state index contributed by atoms with van der Waals surface area (Å²) >= 11 is 0. The van der Waals surface area contributed by atoms with Gasteiger partial charge in [-0.2, -0.15) is 0 Å². The van der Waals surface area contributed by atoms with E-state index >= 15 is 0 Å². The fraction of sp³-hybridized carbons (Fsp3) is 1.00. The number of hydrogen-bond donors (Lipinski definition) is 2. The average Bonchev–Trinajstić information content (AvgIpc) is 3.36. The molecule has 0 heterocycles. The molecule has 21 heavy (non-hydrogen) atoms. The highest BCUT2D eigenvalue weighted by Crippen LogP contribution is 2.58. The molecule has 6 saturated carbocycles. The third-order valence-electron chi connectivity index (χ3n) is 8.05. The third-order valence-corrected chi connectivity index (χ3v) is 8.05. The first-order valence-corrected chi connectivity index (χ1v) is 9.73. The first-order chi connectivity index (χ1) is 10.3. The molecule has 6 aliphatic carbocycles. The van der Waals surface area contributed by atoms with Gasteiger partial charge in [0.1, 0.15) is 0 Å². The van der Waals surface area contributed by atoms with Gasteiger partial charge >= 0.3 is 0 Å². The van der Waals surface area contributed by atoms with Crippen LogP contribution in [0.25, 0.3) is 0 Å². The van der Waals surface area contributed by atoms with E-state index in [1.165, 1.54) is 57.9 Å². The second-order valence-corrected chi connectivity index (χ2v) is 9.27. The van der Waals surface area contributed by atoms with E-state index in [1.807, 2.05) is 0 Å². The van der Waals surface area contributed by atoms with Gasteiger partial charge in [-0.1, -0.05) is 0 Å². The summed E-state index contributed by atoms with van der Waals surface area (Å²) in [5, 5.41) is 4.15. The Morgan fingerprint density at radius 1 is 0.857 bits per heavy atom. The topological polar surface area (TPSA) is 38.0 Å². The molecule has 2 heteroatoms. The minimum atomic E-state index is 0.329. The van der Waals surface area contributed by atoms with Crippen LogP contribution in [0.15, 0.2) is 0 Å². The minimum Gasteiger partial charge on any atom is -0.329 e. The second-order valence-electron chi connectivity index (χ2n) is 9.27. The van der Waals surface area contributed by atoms with Crippen LogP contribution in [0.4, 0.5) is 0 Å². The lowest BCUT2D eigenvalue weighted by Crippen LogP contribution is -2.68. The van der Waals surface area contributed by atoms with Gasteiger partial charge in [-0.25, -0.2) is 0 Å². The highest BCUT2D eigenvalue weighted by Gasteiger charge is 2.56. The summed E-state index contributed by atoms with van der Waals surface area (Å²) in [4.78, 5) is 0. The van der Waals surface area contributed by atoms with E-state index in [1.54, 1.807) is 6.42 Å². The lowest BCUT2D eigenvalue weighted by Gasteiger charge is -2.61. The Hall–Kier alpha value is -0.0800. The zero-order valence-corrected chi connectivity index (χ0v) is 13.4. The van der Waals surface area contributed by atoms with Gasteiger partial charge < -0.3 is 11.1 Å². The molecule has 2 nitrogen and oxygen atoms in total. The molecular weight excluding hydrogens is 256 g/mol. The molecule has 0 aromatic rings. The highest BCUT2D eigenvalue weighted by atomic mass is 15.0. The molecule has 0 radical (unpaired) electrons. The predicted octanol–water partition coefficient (Wildman–Crippen LogP) is 3.17. The van der Waals surface area contributed by atoms with Crippen molar-refractivity contribution in [1.29, 1.82) is 0 Å². The Morgan fingerprint density at radius 2 is 1.38 bits per heavy atom. The first-order valence-electron chi connectivity index (χ1n) is 9.73. The summed E-state index contributed by atoms with van der Waals surface area (Å²) < 4.78 is 0. The Bertz CT molecular complexity index is 370.